The third-order valence-electron chi connectivity index (χ3n) is 3.37. The van der Waals surface area contributed by atoms with Crippen LogP contribution in [0.2, 0.25) is 0 Å². The third-order valence-corrected chi connectivity index (χ3v) is 3.37. The topological polar surface area (TPSA) is 38.3 Å². The van der Waals surface area contributed by atoms with E-state index in [9.17, 15) is 18.0 Å². The Morgan fingerprint density at radius 2 is 1.80 bits per heavy atom. The molecule has 1 aromatic rings. The fraction of sp³-hybridized carbons (Fsp3) is 0.500. The van der Waals surface area contributed by atoms with Crippen LogP contribution in [0, 0.1) is 0 Å². The molecule has 0 atom stereocenters. The van der Waals surface area contributed by atoms with E-state index in [1.54, 1.807) is 24.3 Å². The summed E-state index contributed by atoms with van der Waals surface area (Å²) in [7, 11) is 0. The highest BCUT2D eigenvalue weighted by Gasteiger charge is 2.40. The predicted molar refractivity (Wildman–Crippen MR) is 67.0 cm³/mol. The molecule has 2 rings (SSSR count). The number of nitrogens with one attached hydrogen (secondary N) is 1. The minimum atomic E-state index is -4.54. The highest BCUT2D eigenvalue weighted by molar-refractivity contribution is 5.71. The molecule has 0 aromatic heterocycles. The molecule has 0 saturated carbocycles. The molecule has 0 radical (unpaired) electrons. The summed E-state index contributed by atoms with van der Waals surface area (Å²) in [6.07, 6.45) is -5.14. The van der Waals surface area contributed by atoms with Gasteiger partial charge in [0.25, 0.3) is 0 Å². The molecule has 20 heavy (non-hydrogen) atoms. The Labute approximate surface area is 115 Å². The van der Waals surface area contributed by atoms with Crippen LogP contribution in [-0.2, 0) is 15.1 Å². The molecule has 6 heteroatoms. The zero-order chi connectivity index (χ0) is 14.6. The molecule has 1 aliphatic rings. The van der Waals surface area contributed by atoms with Gasteiger partial charge in [-0.25, -0.2) is 0 Å². The van der Waals surface area contributed by atoms with Gasteiger partial charge in [-0.05, 0) is 18.7 Å². The molecule has 0 unspecified atom stereocenters. The number of benzene rings is 1. The van der Waals surface area contributed by atoms with E-state index in [0.29, 0.717) is 25.9 Å². The molecule has 0 spiro atoms. The van der Waals surface area contributed by atoms with Gasteiger partial charge in [-0.1, -0.05) is 30.3 Å². The summed E-state index contributed by atoms with van der Waals surface area (Å²) >= 11 is 0. The highest BCUT2D eigenvalue weighted by atomic mass is 19.4. The Kier molecular flexibility index (Phi) is 4.32. The van der Waals surface area contributed by atoms with Crippen molar-refractivity contribution >= 4 is 5.97 Å². The lowest BCUT2D eigenvalue weighted by atomic mass is 9.85. The Bertz CT molecular complexity index is 453. The van der Waals surface area contributed by atoms with Crippen LogP contribution in [0.15, 0.2) is 30.3 Å². The number of esters is 1. The molecular formula is C14H16F3NO2. The smallest absolute Gasteiger partial charge is 0.399 e. The first-order chi connectivity index (χ1) is 9.41. The predicted octanol–water partition coefficient (Wildman–Crippen LogP) is 2.76. The van der Waals surface area contributed by atoms with Crippen LogP contribution in [0.4, 0.5) is 13.2 Å². The van der Waals surface area contributed by atoms with Crippen LogP contribution in [0.5, 0.6) is 0 Å². The zero-order valence-electron chi connectivity index (χ0n) is 10.9. The Hall–Kier alpha value is -1.56. The second-order valence-corrected chi connectivity index (χ2v) is 4.88. The standard InChI is InChI=1S/C14H16F3NO2/c15-14(16,17)10-12(19)20-13(6-8-18-9-7-13)11-4-2-1-3-5-11/h1-5,18H,6-10H2. The van der Waals surface area contributed by atoms with E-state index in [0.717, 1.165) is 5.56 Å². The average molecular weight is 287 g/mol. The maximum atomic E-state index is 12.3. The van der Waals surface area contributed by atoms with Gasteiger partial charge in [0.05, 0.1) is 0 Å². The van der Waals surface area contributed by atoms with Gasteiger partial charge in [-0.3, -0.25) is 4.79 Å². The second-order valence-electron chi connectivity index (χ2n) is 4.88. The zero-order valence-corrected chi connectivity index (χ0v) is 10.9. The molecule has 1 heterocycles. The number of carbonyl (C=O) groups excluding carboxylic acids is 1. The number of halogens is 3. The molecule has 3 nitrogen and oxygen atoms in total. The Morgan fingerprint density at radius 3 is 2.35 bits per heavy atom. The van der Waals surface area contributed by atoms with Gasteiger partial charge < -0.3 is 10.1 Å². The van der Waals surface area contributed by atoms with Gasteiger partial charge in [0.15, 0.2) is 0 Å². The average Bonchev–Trinajstić information content (AvgIpc) is 2.38. The van der Waals surface area contributed by atoms with Gasteiger partial charge in [-0.15, -0.1) is 0 Å². The highest BCUT2D eigenvalue weighted by Crippen LogP contribution is 2.36. The second kappa shape index (κ2) is 5.83. The van der Waals surface area contributed by atoms with Crippen molar-refractivity contribution in [2.75, 3.05) is 13.1 Å². The lowest BCUT2D eigenvalue weighted by Crippen LogP contribution is -2.43. The van der Waals surface area contributed by atoms with Gasteiger partial charge in [-0.2, -0.15) is 13.2 Å². The number of rotatable bonds is 3. The molecule has 1 saturated heterocycles. The molecule has 0 amide bonds. The van der Waals surface area contributed by atoms with Crippen LogP contribution in [0.3, 0.4) is 0 Å². The van der Waals surface area contributed by atoms with Gasteiger partial charge >= 0.3 is 12.1 Å². The minimum absolute atomic E-state index is 0.473. The van der Waals surface area contributed by atoms with Crippen LogP contribution in [-0.4, -0.2) is 25.2 Å². The number of piperidine rings is 1. The lowest BCUT2D eigenvalue weighted by molar-refractivity contribution is -0.186. The number of ether oxygens (including phenoxy) is 1. The monoisotopic (exact) mass is 287 g/mol. The molecule has 110 valence electrons. The quantitative estimate of drug-likeness (QED) is 0.869. The lowest BCUT2D eigenvalue weighted by Gasteiger charge is -2.37. The van der Waals surface area contributed by atoms with Crippen LogP contribution < -0.4 is 5.32 Å². The molecule has 1 N–H and O–H groups in total. The number of hydrogen-bond acceptors (Lipinski definition) is 3. The summed E-state index contributed by atoms with van der Waals surface area (Å²) < 4.78 is 42.1. The van der Waals surface area contributed by atoms with E-state index in [1.165, 1.54) is 0 Å². The molecular weight excluding hydrogens is 271 g/mol. The maximum absolute atomic E-state index is 12.3. The molecule has 1 aliphatic heterocycles. The van der Waals surface area contributed by atoms with Crippen molar-refractivity contribution in [3.8, 4) is 0 Å². The van der Waals surface area contributed by atoms with Gasteiger partial charge in [0.2, 0.25) is 0 Å². The van der Waals surface area contributed by atoms with Crippen LogP contribution in [0.1, 0.15) is 24.8 Å². The van der Waals surface area contributed by atoms with Gasteiger partial charge in [0, 0.05) is 12.8 Å². The summed E-state index contributed by atoms with van der Waals surface area (Å²) in [4.78, 5) is 11.5. The first-order valence-electron chi connectivity index (χ1n) is 6.46. The fourth-order valence-electron chi connectivity index (χ4n) is 2.44. The summed E-state index contributed by atoms with van der Waals surface area (Å²) in [5, 5.41) is 3.12. The van der Waals surface area contributed by atoms with Crippen molar-refractivity contribution in [1.29, 1.82) is 0 Å². The summed E-state index contributed by atoms with van der Waals surface area (Å²) in [6.45, 7) is 1.21. The maximum Gasteiger partial charge on any atom is 0.399 e. The van der Waals surface area contributed by atoms with E-state index < -0.39 is 24.2 Å². The van der Waals surface area contributed by atoms with E-state index >= 15 is 0 Å². The largest absolute Gasteiger partial charge is 0.454 e. The summed E-state index contributed by atoms with van der Waals surface area (Å²) in [5.74, 6) is -1.22. The minimum Gasteiger partial charge on any atom is -0.454 e. The Morgan fingerprint density at radius 1 is 1.20 bits per heavy atom. The molecule has 1 fully saturated rings. The summed E-state index contributed by atoms with van der Waals surface area (Å²) in [6, 6.07) is 8.96. The van der Waals surface area contributed by atoms with Crippen molar-refractivity contribution in [1.82, 2.24) is 5.32 Å². The number of alkyl halides is 3. The van der Waals surface area contributed by atoms with E-state index in [1.807, 2.05) is 6.07 Å². The fourth-order valence-corrected chi connectivity index (χ4v) is 2.44. The normalized spacial score (nSPS) is 18.6. The molecule has 1 aromatic carbocycles. The van der Waals surface area contributed by atoms with E-state index in [2.05, 4.69) is 5.32 Å². The molecule has 0 bridgehead atoms. The Balaban J connectivity index is 2.18. The van der Waals surface area contributed by atoms with Gasteiger partial charge in [0.1, 0.15) is 12.0 Å². The first kappa shape index (κ1) is 14.8. The SMILES string of the molecule is O=C(CC(F)(F)F)OC1(c2ccccc2)CCNCC1. The first-order valence-corrected chi connectivity index (χ1v) is 6.46. The number of carbonyl (C=O) groups is 1. The number of hydrogen-bond donors (Lipinski definition) is 1. The van der Waals surface area contributed by atoms with Crippen LogP contribution >= 0.6 is 0 Å². The van der Waals surface area contributed by atoms with Crippen LogP contribution in [0.25, 0.3) is 0 Å². The van der Waals surface area contributed by atoms with E-state index in [4.69, 9.17) is 4.74 Å². The molecule has 0 aliphatic carbocycles. The summed E-state index contributed by atoms with van der Waals surface area (Å²) in [5.41, 5.74) is -0.202. The van der Waals surface area contributed by atoms with Crippen molar-refractivity contribution in [2.45, 2.75) is 31.0 Å². The van der Waals surface area contributed by atoms with Crippen molar-refractivity contribution in [2.24, 2.45) is 0 Å². The van der Waals surface area contributed by atoms with Crippen molar-refractivity contribution in [3.05, 3.63) is 35.9 Å². The van der Waals surface area contributed by atoms with Crippen molar-refractivity contribution < 1.29 is 22.7 Å². The van der Waals surface area contributed by atoms with E-state index in [-0.39, 0.29) is 0 Å². The van der Waals surface area contributed by atoms with Crippen molar-refractivity contribution in [3.63, 3.8) is 0 Å². The third kappa shape index (κ3) is 3.72.